The van der Waals surface area contributed by atoms with Gasteiger partial charge in [0, 0.05) is 18.4 Å². The smallest absolute Gasteiger partial charge is 0.254 e. The standard InChI is InChI=1S/C15H22ClN3O/c1-11-9-14(16)13(10-18-11)15(20)17-6-3-12-4-7-19(2)8-5-12/h9-10,12H,3-8H2,1-2H3,(H,17,20). The summed E-state index contributed by atoms with van der Waals surface area (Å²) in [5, 5.41) is 3.41. The molecule has 1 saturated heterocycles. The Morgan fingerprint density at radius 1 is 1.50 bits per heavy atom. The first kappa shape index (κ1) is 15.3. The minimum Gasteiger partial charge on any atom is -0.352 e. The van der Waals surface area contributed by atoms with Crippen molar-refractivity contribution in [3.8, 4) is 0 Å². The number of carbonyl (C=O) groups excluding carboxylic acids is 1. The van der Waals surface area contributed by atoms with E-state index in [-0.39, 0.29) is 5.91 Å². The third-order valence-corrected chi connectivity index (χ3v) is 4.22. The average molecular weight is 296 g/mol. The highest BCUT2D eigenvalue weighted by molar-refractivity contribution is 6.33. The molecule has 0 aromatic carbocycles. The molecule has 0 atom stereocenters. The summed E-state index contributed by atoms with van der Waals surface area (Å²) in [6.07, 6.45) is 5.03. The molecule has 0 bridgehead atoms. The second-order valence-corrected chi connectivity index (χ2v) is 6.00. The van der Waals surface area contributed by atoms with Crippen LogP contribution in [-0.2, 0) is 0 Å². The lowest BCUT2D eigenvalue weighted by Crippen LogP contribution is -2.32. The summed E-state index contributed by atoms with van der Waals surface area (Å²) in [4.78, 5) is 18.5. The molecule has 2 heterocycles. The molecule has 1 fully saturated rings. The Hall–Kier alpha value is -1.13. The van der Waals surface area contributed by atoms with Crippen molar-refractivity contribution >= 4 is 17.5 Å². The molecule has 0 radical (unpaired) electrons. The van der Waals surface area contributed by atoms with E-state index in [4.69, 9.17) is 11.6 Å². The fourth-order valence-electron chi connectivity index (χ4n) is 2.53. The van der Waals surface area contributed by atoms with Gasteiger partial charge in [-0.25, -0.2) is 0 Å². The molecule has 0 spiro atoms. The third kappa shape index (κ3) is 4.18. The molecule has 110 valence electrons. The molecule has 1 amide bonds. The van der Waals surface area contributed by atoms with Gasteiger partial charge in [0.25, 0.3) is 5.91 Å². The number of rotatable bonds is 4. The highest BCUT2D eigenvalue weighted by Crippen LogP contribution is 2.19. The Labute approximate surface area is 125 Å². The zero-order chi connectivity index (χ0) is 14.5. The van der Waals surface area contributed by atoms with E-state index in [1.54, 1.807) is 12.3 Å². The van der Waals surface area contributed by atoms with Crippen LogP contribution in [0.1, 0.15) is 35.3 Å². The minimum absolute atomic E-state index is 0.129. The van der Waals surface area contributed by atoms with Gasteiger partial charge in [0.2, 0.25) is 0 Å². The third-order valence-electron chi connectivity index (χ3n) is 3.91. The number of aryl methyl sites for hydroxylation is 1. The van der Waals surface area contributed by atoms with Crippen LogP contribution >= 0.6 is 11.6 Å². The first-order valence-electron chi connectivity index (χ1n) is 7.15. The van der Waals surface area contributed by atoms with E-state index >= 15 is 0 Å². The van der Waals surface area contributed by atoms with E-state index in [2.05, 4.69) is 22.2 Å². The number of likely N-dealkylation sites (tertiary alicyclic amines) is 1. The zero-order valence-corrected chi connectivity index (χ0v) is 12.9. The molecule has 2 rings (SSSR count). The maximum Gasteiger partial charge on any atom is 0.254 e. The molecule has 20 heavy (non-hydrogen) atoms. The van der Waals surface area contributed by atoms with E-state index in [0.717, 1.165) is 31.1 Å². The Morgan fingerprint density at radius 3 is 2.85 bits per heavy atom. The number of carbonyl (C=O) groups is 1. The van der Waals surface area contributed by atoms with Crippen molar-refractivity contribution in [3.63, 3.8) is 0 Å². The quantitative estimate of drug-likeness (QED) is 0.928. The van der Waals surface area contributed by atoms with Crippen LogP contribution in [-0.4, -0.2) is 42.5 Å². The summed E-state index contributed by atoms with van der Waals surface area (Å²) < 4.78 is 0. The van der Waals surface area contributed by atoms with Gasteiger partial charge >= 0.3 is 0 Å². The molecule has 1 aromatic rings. The van der Waals surface area contributed by atoms with E-state index in [9.17, 15) is 4.79 Å². The van der Waals surface area contributed by atoms with Gasteiger partial charge in [-0.1, -0.05) is 11.6 Å². The first-order valence-corrected chi connectivity index (χ1v) is 7.53. The van der Waals surface area contributed by atoms with Crippen molar-refractivity contribution in [2.75, 3.05) is 26.7 Å². The first-order chi connectivity index (χ1) is 9.56. The molecule has 0 saturated carbocycles. The van der Waals surface area contributed by atoms with Gasteiger partial charge in [0.1, 0.15) is 0 Å². The van der Waals surface area contributed by atoms with Crippen LogP contribution in [0.4, 0.5) is 0 Å². The number of amides is 1. The van der Waals surface area contributed by atoms with Crippen LogP contribution in [0.5, 0.6) is 0 Å². The molecule has 0 unspecified atom stereocenters. The summed E-state index contributed by atoms with van der Waals surface area (Å²) in [5.41, 5.74) is 1.28. The Morgan fingerprint density at radius 2 is 2.20 bits per heavy atom. The van der Waals surface area contributed by atoms with E-state index in [1.807, 2.05) is 6.92 Å². The summed E-state index contributed by atoms with van der Waals surface area (Å²) >= 11 is 6.06. The molecule has 5 heteroatoms. The Bertz CT molecular complexity index is 470. The topological polar surface area (TPSA) is 45.2 Å². The predicted molar refractivity (Wildman–Crippen MR) is 81.2 cm³/mol. The molecule has 1 aromatic heterocycles. The number of nitrogens with one attached hydrogen (secondary N) is 1. The molecule has 1 aliphatic rings. The number of nitrogens with zero attached hydrogens (tertiary/aromatic N) is 2. The Balaban J connectivity index is 1.77. The molecule has 1 N–H and O–H groups in total. The number of halogens is 1. The van der Waals surface area contributed by atoms with Crippen molar-refractivity contribution in [2.45, 2.75) is 26.2 Å². The molecule has 1 aliphatic heterocycles. The van der Waals surface area contributed by atoms with Crippen molar-refractivity contribution < 1.29 is 4.79 Å². The zero-order valence-electron chi connectivity index (χ0n) is 12.2. The van der Waals surface area contributed by atoms with Gasteiger partial charge in [0.05, 0.1) is 10.6 Å². The second kappa shape index (κ2) is 7.04. The normalized spacial score (nSPS) is 17.1. The van der Waals surface area contributed by atoms with Gasteiger partial charge < -0.3 is 10.2 Å². The van der Waals surface area contributed by atoms with Gasteiger partial charge in [-0.3, -0.25) is 9.78 Å². The predicted octanol–water partition coefficient (Wildman–Crippen LogP) is 2.51. The number of hydrogen-bond acceptors (Lipinski definition) is 3. The highest BCUT2D eigenvalue weighted by atomic mass is 35.5. The SMILES string of the molecule is Cc1cc(Cl)c(C(=O)NCCC2CCN(C)CC2)cn1. The average Bonchev–Trinajstić information content (AvgIpc) is 2.41. The maximum absolute atomic E-state index is 12.0. The lowest BCUT2D eigenvalue weighted by atomic mass is 9.94. The molecule has 0 aliphatic carbocycles. The van der Waals surface area contributed by atoms with Crippen LogP contribution in [0.15, 0.2) is 12.3 Å². The van der Waals surface area contributed by atoms with E-state index in [0.29, 0.717) is 17.1 Å². The molecule has 4 nitrogen and oxygen atoms in total. The fourth-order valence-corrected chi connectivity index (χ4v) is 2.82. The Kier molecular flexibility index (Phi) is 5.38. The minimum atomic E-state index is -0.129. The number of pyridine rings is 1. The maximum atomic E-state index is 12.0. The van der Waals surface area contributed by atoms with Crippen molar-refractivity contribution in [1.29, 1.82) is 0 Å². The molecular weight excluding hydrogens is 274 g/mol. The van der Waals surface area contributed by atoms with Crippen LogP contribution < -0.4 is 5.32 Å². The van der Waals surface area contributed by atoms with Gasteiger partial charge in [0.15, 0.2) is 0 Å². The molecular formula is C15H22ClN3O. The number of hydrogen-bond donors (Lipinski definition) is 1. The van der Waals surface area contributed by atoms with Gasteiger partial charge in [-0.15, -0.1) is 0 Å². The lowest BCUT2D eigenvalue weighted by Gasteiger charge is -2.28. The van der Waals surface area contributed by atoms with Crippen LogP contribution in [0.25, 0.3) is 0 Å². The summed E-state index contributed by atoms with van der Waals surface area (Å²) in [6.45, 7) is 4.88. The van der Waals surface area contributed by atoms with Gasteiger partial charge in [-0.2, -0.15) is 0 Å². The highest BCUT2D eigenvalue weighted by Gasteiger charge is 2.17. The lowest BCUT2D eigenvalue weighted by molar-refractivity contribution is 0.0948. The van der Waals surface area contributed by atoms with E-state index < -0.39 is 0 Å². The van der Waals surface area contributed by atoms with Gasteiger partial charge in [-0.05, 0) is 58.3 Å². The van der Waals surface area contributed by atoms with Crippen LogP contribution in [0.3, 0.4) is 0 Å². The van der Waals surface area contributed by atoms with Crippen molar-refractivity contribution in [1.82, 2.24) is 15.2 Å². The van der Waals surface area contributed by atoms with E-state index in [1.165, 1.54) is 12.8 Å². The summed E-state index contributed by atoms with van der Waals surface area (Å²) in [6, 6.07) is 1.72. The van der Waals surface area contributed by atoms with Crippen molar-refractivity contribution in [2.24, 2.45) is 5.92 Å². The fraction of sp³-hybridized carbons (Fsp3) is 0.600. The summed E-state index contributed by atoms with van der Waals surface area (Å²) in [7, 11) is 2.16. The van der Waals surface area contributed by atoms with Crippen LogP contribution in [0, 0.1) is 12.8 Å². The van der Waals surface area contributed by atoms with Crippen LogP contribution in [0.2, 0.25) is 5.02 Å². The number of piperidine rings is 1. The second-order valence-electron chi connectivity index (χ2n) is 5.60. The number of aromatic nitrogens is 1. The van der Waals surface area contributed by atoms with Crippen molar-refractivity contribution in [3.05, 3.63) is 28.5 Å². The summed E-state index contributed by atoms with van der Waals surface area (Å²) in [5.74, 6) is 0.591. The monoisotopic (exact) mass is 295 g/mol. The largest absolute Gasteiger partial charge is 0.352 e.